The fraction of sp³-hybridized carbons (Fsp3) is 0.222. The smallest absolute Gasteiger partial charge is 0.420 e. The van der Waals surface area contributed by atoms with Gasteiger partial charge in [-0.2, -0.15) is 18.4 Å². The average molecular weight is 390 g/mol. The molecule has 3 amide bonds. The quantitative estimate of drug-likeness (QED) is 0.808. The first-order valence-corrected chi connectivity index (χ1v) is 7.95. The summed E-state index contributed by atoms with van der Waals surface area (Å²) >= 11 is 0. The Hall–Kier alpha value is -3.61. The van der Waals surface area contributed by atoms with Crippen LogP contribution in [0.3, 0.4) is 0 Å². The number of hydrogen-bond acceptors (Lipinski definition) is 5. The molecule has 0 radical (unpaired) electrons. The molecule has 0 saturated carbocycles. The van der Waals surface area contributed by atoms with E-state index in [4.69, 9.17) is 10.00 Å². The maximum atomic E-state index is 13.2. The number of pyridine rings is 1. The number of nitrogens with zero attached hydrogens (tertiary/aromatic N) is 3. The van der Waals surface area contributed by atoms with Crippen LogP contribution in [0.4, 0.5) is 23.7 Å². The van der Waals surface area contributed by atoms with Crippen molar-refractivity contribution in [3.05, 3.63) is 47.7 Å². The zero-order chi connectivity index (χ0) is 20.7. The summed E-state index contributed by atoms with van der Waals surface area (Å²) in [6.45, 7) is 3.09. The first-order valence-electron chi connectivity index (χ1n) is 7.95. The number of alkyl halides is 3. The minimum atomic E-state index is -4.72. The summed E-state index contributed by atoms with van der Waals surface area (Å²) in [7, 11) is 0. The van der Waals surface area contributed by atoms with Gasteiger partial charge in [-0.25, -0.2) is 9.78 Å². The van der Waals surface area contributed by atoms with E-state index < -0.39 is 35.0 Å². The zero-order valence-corrected chi connectivity index (χ0v) is 14.7. The molecule has 10 heteroatoms. The van der Waals surface area contributed by atoms with Crippen molar-refractivity contribution < 1.29 is 27.5 Å². The van der Waals surface area contributed by atoms with Crippen molar-refractivity contribution in [2.24, 2.45) is 0 Å². The van der Waals surface area contributed by atoms with Crippen LogP contribution in [0.2, 0.25) is 0 Å². The van der Waals surface area contributed by atoms with Crippen molar-refractivity contribution in [1.82, 2.24) is 10.3 Å². The van der Waals surface area contributed by atoms with Gasteiger partial charge in [-0.1, -0.05) is 0 Å². The Morgan fingerprint density at radius 3 is 2.43 bits per heavy atom. The number of urea groups is 1. The number of benzene rings is 1. The number of ether oxygens (including phenoxy) is 1. The Labute approximate surface area is 157 Å². The number of carbonyl (C=O) groups is 2. The molecule has 1 aliphatic heterocycles. The molecule has 2 aromatic rings. The fourth-order valence-electron chi connectivity index (χ4n) is 2.69. The van der Waals surface area contributed by atoms with Crippen molar-refractivity contribution in [3.8, 4) is 17.7 Å². The molecule has 7 nitrogen and oxygen atoms in total. The van der Waals surface area contributed by atoms with Crippen LogP contribution in [-0.2, 0) is 11.0 Å². The molecule has 0 spiro atoms. The van der Waals surface area contributed by atoms with Crippen LogP contribution in [0.15, 0.2) is 36.5 Å². The molecule has 0 unspecified atom stereocenters. The normalized spacial score (nSPS) is 15.9. The lowest BCUT2D eigenvalue weighted by molar-refractivity contribution is -0.138. The summed E-state index contributed by atoms with van der Waals surface area (Å²) < 4.78 is 44.9. The second-order valence-corrected chi connectivity index (χ2v) is 6.43. The van der Waals surface area contributed by atoms with Crippen molar-refractivity contribution in [2.75, 3.05) is 4.90 Å². The maximum absolute atomic E-state index is 13.2. The van der Waals surface area contributed by atoms with E-state index >= 15 is 0 Å². The van der Waals surface area contributed by atoms with Crippen LogP contribution in [0, 0.1) is 11.3 Å². The van der Waals surface area contributed by atoms with Gasteiger partial charge in [0.15, 0.2) is 0 Å². The maximum Gasteiger partial charge on any atom is 0.420 e. The summed E-state index contributed by atoms with van der Waals surface area (Å²) in [5.74, 6) is -1.14. The molecule has 1 N–H and O–H groups in total. The van der Waals surface area contributed by atoms with E-state index in [1.54, 1.807) is 19.9 Å². The molecule has 0 bridgehead atoms. The number of imide groups is 1. The number of anilines is 1. The molecule has 1 aromatic carbocycles. The second kappa shape index (κ2) is 6.53. The molecule has 144 valence electrons. The number of nitrogens with one attached hydrogen (secondary N) is 1. The number of nitriles is 1. The Kier molecular flexibility index (Phi) is 4.47. The number of amides is 3. The highest BCUT2D eigenvalue weighted by atomic mass is 19.4. The van der Waals surface area contributed by atoms with Gasteiger partial charge in [0.1, 0.15) is 11.3 Å². The molecule has 1 saturated heterocycles. The summed E-state index contributed by atoms with van der Waals surface area (Å²) in [5.41, 5.74) is -2.13. The van der Waals surface area contributed by atoms with Crippen LogP contribution < -0.4 is 15.0 Å². The SMILES string of the molecule is CC1(C)C(=O)NC(=O)N1c1ccc(Oc2ccc(C#N)cc2C(F)(F)F)nc1. The van der Waals surface area contributed by atoms with Crippen LogP contribution in [0.5, 0.6) is 11.6 Å². The summed E-state index contributed by atoms with van der Waals surface area (Å²) in [6.07, 6.45) is -3.51. The minimum absolute atomic E-state index is 0.150. The third-order valence-corrected chi connectivity index (χ3v) is 4.15. The van der Waals surface area contributed by atoms with E-state index in [0.717, 1.165) is 6.07 Å². The van der Waals surface area contributed by atoms with Crippen molar-refractivity contribution in [3.63, 3.8) is 0 Å². The highest BCUT2D eigenvalue weighted by Crippen LogP contribution is 2.38. The first kappa shape index (κ1) is 19.2. The van der Waals surface area contributed by atoms with E-state index in [2.05, 4.69) is 10.3 Å². The van der Waals surface area contributed by atoms with Gasteiger partial charge in [0.25, 0.3) is 5.91 Å². The molecule has 2 heterocycles. The number of aromatic nitrogens is 1. The number of rotatable bonds is 3. The standard InChI is InChI=1S/C18H13F3N4O3/c1-17(2)15(26)24-16(27)25(17)11-4-6-14(23-9-11)28-13-5-3-10(8-22)7-12(13)18(19,20)21/h3-7,9H,1-2H3,(H,24,26,27). The molecule has 28 heavy (non-hydrogen) atoms. The van der Waals surface area contributed by atoms with Crippen molar-refractivity contribution in [1.29, 1.82) is 5.26 Å². The van der Waals surface area contributed by atoms with Gasteiger partial charge in [-0.05, 0) is 38.1 Å². The fourth-order valence-corrected chi connectivity index (χ4v) is 2.69. The highest BCUT2D eigenvalue weighted by molar-refractivity contribution is 6.16. The lowest BCUT2D eigenvalue weighted by Crippen LogP contribution is -2.44. The summed E-state index contributed by atoms with van der Waals surface area (Å²) in [6, 6.07) is 6.61. The third-order valence-electron chi connectivity index (χ3n) is 4.15. The van der Waals surface area contributed by atoms with Gasteiger partial charge in [0.05, 0.1) is 29.1 Å². The Bertz CT molecular complexity index is 995. The molecule has 1 fully saturated rings. The van der Waals surface area contributed by atoms with Gasteiger partial charge in [0, 0.05) is 6.07 Å². The Morgan fingerprint density at radius 2 is 1.93 bits per heavy atom. The van der Waals surface area contributed by atoms with E-state index in [1.165, 1.54) is 29.3 Å². The molecular weight excluding hydrogens is 377 g/mol. The molecule has 0 atom stereocenters. The molecule has 0 aliphatic carbocycles. The topological polar surface area (TPSA) is 95.3 Å². The van der Waals surface area contributed by atoms with Gasteiger partial charge in [0.2, 0.25) is 5.88 Å². The molecule has 1 aromatic heterocycles. The lowest BCUT2D eigenvalue weighted by Gasteiger charge is -2.27. The summed E-state index contributed by atoms with van der Waals surface area (Å²) in [4.78, 5) is 28.9. The number of hydrogen-bond donors (Lipinski definition) is 1. The van der Waals surface area contributed by atoms with Gasteiger partial charge < -0.3 is 4.74 Å². The van der Waals surface area contributed by atoms with Crippen LogP contribution >= 0.6 is 0 Å². The molecule has 1 aliphatic rings. The van der Waals surface area contributed by atoms with E-state index in [-0.39, 0.29) is 17.1 Å². The molecule has 3 rings (SSSR count). The average Bonchev–Trinajstić information content (AvgIpc) is 2.82. The first-order chi connectivity index (χ1) is 13.0. The predicted molar refractivity (Wildman–Crippen MR) is 90.6 cm³/mol. The van der Waals surface area contributed by atoms with Gasteiger partial charge in [-0.3, -0.25) is 15.0 Å². The van der Waals surface area contributed by atoms with Gasteiger partial charge >= 0.3 is 12.2 Å². The van der Waals surface area contributed by atoms with Crippen molar-refractivity contribution in [2.45, 2.75) is 25.6 Å². The van der Waals surface area contributed by atoms with E-state index in [1.807, 2.05) is 0 Å². The van der Waals surface area contributed by atoms with Crippen molar-refractivity contribution >= 4 is 17.6 Å². The van der Waals surface area contributed by atoms with Crippen LogP contribution in [-0.4, -0.2) is 22.5 Å². The Morgan fingerprint density at radius 1 is 1.21 bits per heavy atom. The predicted octanol–water partition coefficient (Wildman–Crippen LogP) is 3.60. The van der Waals surface area contributed by atoms with Crippen LogP contribution in [0.25, 0.3) is 0 Å². The number of carbonyl (C=O) groups excluding carboxylic acids is 2. The minimum Gasteiger partial charge on any atom is -0.438 e. The third kappa shape index (κ3) is 3.34. The lowest BCUT2D eigenvalue weighted by atomic mass is 10.0. The van der Waals surface area contributed by atoms with Crippen LogP contribution in [0.1, 0.15) is 25.0 Å². The number of halogens is 3. The van der Waals surface area contributed by atoms with E-state index in [0.29, 0.717) is 6.07 Å². The molecular formula is C18H13F3N4O3. The highest BCUT2D eigenvalue weighted by Gasteiger charge is 2.46. The summed E-state index contributed by atoms with van der Waals surface area (Å²) in [5, 5.41) is 11.0. The Balaban J connectivity index is 1.89. The monoisotopic (exact) mass is 390 g/mol. The van der Waals surface area contributed by atoms with Gasteiger partial charge in [-0.15, -0.1) is 0 Å². The van der Waals surface area contributed by atoms with E-state index in [9.17, 15) is 22.8 Å². The largest absolute Gasteiger partial charge is 0.438 e. The zero-order valence-electron chi connectivity index (χ0n) is 14.7. The second-order valence-electron chi connectivity index (χ2n) is 6.43.